The van der Waals surface area contributed by atoms with Crippen molar-refractivity contribution in [1.82, 2.24) is 4.90 Å². The molecule has 96 valence electrons. The van der Waals surface area contributed by atoms with E-state index in [1.54, 1.807) is 23.1 Å². The molecule has 0 radical (unpaired) electrons. The average molecular weight is 332 g/mol. The zero-order valence-electron chi connectivity index (χ0n) is 9.57. The minimum absolute atomic E-state index is 0.0319. The third-order valence-electron chi connectivity index (χ3n) is 2.93. The Bertz CT molecular complexity index is 495. The Labute approximate surface area is 118 Å². The Kier molecular flexibility index (Phi) is 4.24. The number of amides is 1. The smallest absolute Gasteiger partial charge is 0.255 e. The van der Waals surface area contributed by atoms with Gasteiger partial charge in [0.2, 0.25) is 0 Å². The van der Waals surface area contributed by atoms with Gasteiger partial charge in [-0.15, -0.1) is 0 Å². The largest absolute Gasteiger partial charge is 0.411 e. The third-order valence-corrected chi connectivity index (χ3v) is 3.82. The molecule has 1 aliphatic heterocycles. The molecule has 0 aliphatic carbocycles. The Hall–Kier alpha value is -1.07. The molecule has 1 N–H and O–H groups in total. The van der Waals surface area contributed by atoms with Gasteiger partial charge in [0, 0.05) is 35.4 Å². The van der Waals surface area contributed by atoms with Crippen molar-refractivity contribution in [2.24, 2.45) is 5.16 Å². The van der Waals surface area contributed by atoms with E-state index in [9.17, 15) is 4.79 Å². The second-order valence-electron chi connectivity index (χ2n) is 4.08. The highest BCUT2D eigenvalue weighted by Gasteiger charge is 2.22. The lowest BCUT2D eigenvalue weighted by Gasteiger charge is -2.27. The fourth-order valence-corrected chi connectivity index (χ4v) is 2.75. The maximum Gasteiger partial charge on any atom is 0.255 e. The Balaban J connectivity index is 2.12. The highest BCUT2D eigenvalue weighted by molar-refractivity contribution is 9.10. The van der Waals surface area contributed by atoms with Gasteiger partial charge < -0.3 is 10.1 Å². The van der Waals surface area contributed by atoms with Crippen LogP contribution in [0.25, 0.3) is 0 Å². The molecule has 1 amide bonds. The highest BCUT2D eigenvalue weighted by Crippen LogP contribution is 2.23. The number of halogens is 2. The van der Waals surface area contributed by atoms with Crippen LogP contribution >= 0.6 is 27.5 Å². The van der Waals surface area contributed by atoms with Gasteiger partial charge in [0.1, 0.15) is 0 Å². The first-order valence-corrected chi connectivity index (χ1v) is 6.73. The molecule has 1 saturated heterocycles. The summed E-state index contributed by atoms with van der Waals surface area (Å²) in [4.78, 5) is 14.0. The molecule has 0 spiro atoms. The zero-order chi connectivity index (χ0) is 13.1. The lowest BCUT2D eigenvalue weighted by Crippen LogP contribution is -2.38. The first-order chi connectivity index (χ1) is 8.61. The van der Waals surface area contributed by atoms with E-state index in [4.69, 9.17) is 16.8 Å². The van der Waals surface area contributed by atoms with Gasteiger partial charge in [0.25, 0.3) is 5.91 Å². The maximum absolute atomic E-state index is 12.3. The molecule has 1 aliphatic rings. The van der Waals surface area contributed by atoms with Gasteiger partial charge in [-0.2, -0.15) is 0 Å². The summed E-state index contributed by atoms with van der Waals surface area (Å²) in [7, 11) is 0. The molecule has 0 unspecified atom stereocenters. The van der Waals surface area contributed by atoms with E-state index in [0.29, 0.717) is 41.0 Å². The predicted octanol–water partition coefficient (Wildman–Crippen LogP) is 3.17. The number of carbonyl (C=O) groups is 1. The van der Waals surface area contributed by atoms with Crippen molar-refractivity contribution in [2.75, 3.05) is 13.1 Å². The molecule has 0 atom stereocenters. The van der Waals surface area contributed by atoms with E-state index in [2.05, 4.69) is 21.1 Å². The number of likely N-dealkylation sites (tertiary alicyclic amines) is 1. The minimum Gasteiger partial charge on any atom is -0.411 e. The van der Waals surface area contributed by atoms with Gasteiger partial charge in [-0.3, -0.25) is 4.79 Å². The van der Waals surface area contributed by atoms with Crippen LogP contribution in [0, 0.1) is 0 Å². The second-order valence-corrected chi connectivity index (χ2v) is 5.37. The quantitative estimate of drug-likeness (QED) is 0.635. The van der Waals surface area contributed by atoms with E-state index < -0.39 is 0 Å². The fourth-order valence-electron chi connectivity index (χ4n) is 1.90. The lowest BCUT2D eigenvalue weighted by molar-refractivity contribution is 0.0753. The molecular weight excluding hydrogens is 320 g/mol. The number of carbonyl (C=O) groups excluding carboxylic acids is 1. The standard InChI is InChI=1S/C12H12BrClN2O2/c13-11-7-8(14)1-2-10(11)12(17)16-5-3-9(15-18)4-6-16/h1-2,7,18H,3-6H2. The van der Waals surface area contributed by atoms with E-state index in [1.807, 2.05) is 0 Å². The molecule has 0 saturated carbocycles. The van der Waals surface area contributed by atoms with Crippen LogP contribution in [0.5, 0.6) is 0 Å². The van der Waals surface area contributed by atoms with Crippen molar-refractivity contribution < 1.29 is 10.0 Å². The minimum atomic E-state index is -0.0319. The molecule has 0 aromatic heterocycles. The predicted molar refractivity (Wildman–Crippen MR) is 73.5 cm³/mol. The lowest BCUT2D eigenvalue weighted by atomic mass is 10.1. The van der Waals surface area contributed by atoms with Crippen molar-refractivity contribution >= 4 is 39.1 Å². The number of hydrogen-bond donors (Lipinski definition) is 1. The fraction of sp³-hybridized carbons (Fsp3) is 0.333. The van der Waals surface area contributed by atoms with Crippen LogP contribution in [0.1, 0.15) is 23.2 Å². The van der Waals surface area contributed by atoms with Crippen LogP contribution in [0.15, 0.2) is 27.8 Å². The zero-order valence-corrected chi connectivity index (χ0v) is 11.9. The molecule has 2 rings (SSSR count). The monoisotopic (exact) mass is 330 g/mol. The number of hydrogen-bond acceptors (Lipinski definition) is 3. The van der Waals surface area contributed by atoms with Gasteiger partial charge in [0.05, 0.1) is 11.3 Å². The number of benzene rings is 1. The molecule has 1 heterocycles. The Morgan fingerprint density at radius 1 is 1.39 bits per heavy atom. The highest BCUT2D eigenvalue weighted by atomic mass is 79.9. The van der Waals surface area contributed by atoms with Crippen LogP contribution in [0.2, 0.25) is 5.02 Å². The van der Waals surface area contributed by atoms with Crippen LogP contribution in [0.4, 0.5) is 0 Å². The molecule has 18 heavy (non-hydrogen) atoms. The Morgan fingerprint density at radius 3 is 2.61 bits per heavy atom. The normalized spacial score (nSPS) is 15.7. The van der Waals surface area contributed by atoms with Crippen molar-refractivity contribution in [3.8, 4) is 0 Å². The Morgan fingerprint density at radius 2 is 2.06 bits per heavy atom. The number of rotatable bonds is 1. The van der Waals surface area contributed by atoms with Gasteiger partial charge in [-0.1, -0.05) is 16.8 Å². The first-order valence-electron chi connectivity index (χ1n) is 5.56. The summed E-state index contributed by atoms with van der Waals surface area (Å²) >= 11 is 9.19. The summed E-state index contributed by atoms with van der Waals surface area (Å²) in [6.45, 7) is 1.15. The summed E-state index contributed by atoms with van der Waals surface area (Å²) < 4.78 is 0.696. The SMILES string of the molecule is O=C(c1ccc(Cl)cc1Br)N1CCC(=NO)CC1. The molecule has 4 nitrogen and oxygen atoms in total. The van der Waals surface area contributed by atoms with Gasteiger partial charge in [0.15, 0.2) is 0 Å². The topological polar surface area (TPSA) is 52.9 Å². The number of piperidine rings is 1. The van der Waals surface area contributed by atoms with Crippen LogP contribution in [0.3, 0.4) is 0 Å². The number of oxime groups is 1. The summed E-state index contributed by atoms with van der Waals surface area (Å²) in [5.74, 6) is -0.0319. The van der Waals surface area contributed by atoms with Crippen molar-refractivity contribution in [1.29, 1.82) is 0 Å². The van der Waals surface area contributed by atoms with Crippen molar-refractivity contribution in [2.45, 2.75) is 12.8 Å². The summed E-state index contributed by atoms with van der Waals surface area (Å²) in [6.07, 6.45) is 1.24. The van der Waals surface area contributed by atoms with E-state index in [-0.39, 0.29) is 5.91 Å². The maximum atomic E-state index is 12.3. The summed E-state index contributed by atoms with van der Waals surface area (Å²) in [5, 5.41) is 12.5. The third kappa shape index (κ3) is 2.84. The summed E-state index contributed by atoms with van der Waals surface area (Å²) in [5.41, 5.74) is 1.35. The molecule has 1 fully saturated rings. The second kappa shape index (κ2) is 5.71. The van der Waals surface area contributed by atoms with E-state index in [0.717, 1.165) is 5.71 Å². The van der Waals surface area contributed by atoms with Crippen LogP contribution in [-0.2, 0) is 0 Å². The average Bonchev–Trinajstić information content (AvgIpc) is 2.38. The van der Waals surface area contributed by atoms with Gasteiger partial charge in [-0.05, 0) is 34.1 Å². The van der Waals surface area contributed by atoms with E-state index >= 15 is 0 Å². The molecule has 6 heteroatoms. The van der Waals surface area contributed by atoms with E-state index in [1.165, 1.54) is 0 Å². The molecule has 1 aromatic rings. The molecule has 1 aromatic carbocycles. The molecule has 0 bridgehead atoms. The van der Waals surface area contributed by atoms with Crippen molar-refractivity contribution in [3.05, 3.63) is 33.3 Å². The van der Waals surface area contributed by atoms with Crippen LogP contribution in [-0.4, -0.2) is 34.8 Å². The van der Waals surface area contributed by atoms with Gasteiger partial charge >= 0.3 is 0 Å². The first kappa shape index (κ1) is 13.4. The van der Waals surface area contributed by atoms with Gasteiger partial charge in [-0.25, -0.2) is 0 Å². The van der Waals surface area contributed by atoms with Crippen LogP contribution < -0.4 is 0 Å². The number of nitrogens with zero attached hydrogens (tertiary/aromatic N) is 2. The summed E-state index contributed by atoms with van der Waals surface area (Å²) in [6, 6.07) is 5.12. The molecular formula is C12H12BrClN2O2. The van der Waals surface area contributed by atoms with Crippen molar-refractivity contribution in [3.63, 3.8) is 0 Å².